The Balaban J connectivity index is 1.76. The van der Waals surface area contributed by atoms with E-state index in [1.54, 1.807) is 11.5 Å². The van der Waals surface area contributed by atoms with Crippen LogP contribution < -0.4 is 5.32 Å². The maximum Gasteiger partial charge on any atom is 0.250 e. The molecule has 132 valence electrons. The van der Waals surface area contributed by atoms with Crippen molar-refractivity contribution in [3.05, 3.63) is 64.4 Å². The summed E-state index contributed by atoms with van der Waals surface area (Å²) in [6.07, 6.45) is 3.19. The van der Waals surface area contributed by atoms with E-state index in [4.69, 9.17) is 0 Å². The number of aryl methyl sites for hydroxylation is 1. The number of hydrogen-bond donors (Lipinski definition) is 1. The molecule has 3 aromatic rings. The molecule has 0 spiro atoms. The second-order valence-electron chi connectivity index (χ2n) is 5.75. The van der Waals surface area contributed by atoms with Crippen LogP contribution in [0.25, 0.3) is 11.8 Å². The Morgan fingerprint density at radius 2 is 1.92 bits per heavy atom. The smallest absolute Gasteiger partial charge is 0.250 e. The summed E-state index contributed by atoms with van der Waals surface area (Å²) >= 11 is 1.22. The minimum atomic E-state index is -0.305. The molecule has 1 aromatic carbocycles. The van der Waals surface area contributed by atoms with Crippen LogP contribution in [0.4, 0.5) is 5.13 Å². The van der Waals surface area contributed by atoms with Gasteiger partial charge >= 0.3 is 0 Å². The van der Waals surface area contributed by atoms with Crippen molar-refractivity contribution >= 4 is 34.2 Å². The average molecular weight is 366 g/mol. The number of Topliss-reactive ketones (excluding diaryl/α,β-unsaturated/α-hetero) is 1. The Hall–Kier alpha value is -3.06. The normalized spacial score (nSPS) is 11.0. The van der Waals surface area contributed by atoms with Gasteiger partial charge in [0.2, 0.25) is 5.91 Å². The number of carbonyl (C=O) groups is 2. The second kappa shape index (κ2) is 7.45. The van der Waals surface area contributed by atoms with Crippen LogP contribution in [0.15, 0.2) is 41.8 Å². The fourth-order valence-corrected chi connectivity index (χ4v) is 3.27. The van der Waals surface area contributed by atoms with E-state index in [2.05, 4.69) is 15.4 Å². The van der Waals surface area contributed by atoms with E-state index in [1.165, 1.54) is 24.3 Å². The maximum atomic E-state index is 12.1. The number of carbonyl (C=O) groups excluding carboxylic acids is 2. The first-order valence-corrected chi connectivity index (χ1v) is 8.91. The molecule has 6 nitrogen and oxygen atoms in total. The van der Waals surface area contributed by atoms with E-state index < -0.39 is 0 Å². The number of anilines is 1. The number of amides is 1. The number of aromatic nitrogens is 3. The Morgan fingerprint density at radius 3 is 2.58 bits per heavy atom. The van der Waals surface area contributed by atoms with Crippen molar-refractivity contribution in [2.24, 2.45) is 0 Å². The molecular weight excluding hydrogens is 348 g/mol. The van der Waals surface area contributed by atoms with Gasteiger partial charge in [-0.1, -0.05) is 18.2 Å². The lowest BCUT2D eigenvalue weighted by molar-refractivity contribution is -0.111. The standard InChI is InChI=1S/C19H18N4O2S/c1-12-16(13(2)23(22-12)15-7-5-4-6-8-15)9-10-18(25)21-19-20-17(11-26-19)14(3)24/h4-11H,1-3H3,(H,20,21,25)/b10-9+. The fraction of sp³-hybridized carbons (Fsp3) is 0.158. The predicted molar refractivity (Wildman–Crippen MR) is 103 cm³/mol. The molecule has 0 radical (unpaired) electrons. The molecule has 1 N–H and O–H groups in total. The van der Waals surface area contributed by atoms with Crippen molar-refractivity contribution in [2.75, 3.05) is 5.32 Å². The Bertz CT molecular complexity index is 986. The second-order valence-corrected chi connectivity index (χ2v) is 6.61. The molecule has 0 aliphatic carbocycles. The molecule has 3 rings (SSSR count). The summed E-state index contributed by atoms with van der Waals surface area (Å²) in [6.45, 7) is 5.31. The monoisotopic (exact) mass is 366 g/mol. The van der Waals surface area contributed by atoms with Gasteiger partial charge in [-0.15, -0.1) is 11.3 Å². The van der Waals surface area contributed by atoms with Crippen LogP contribution in [0.2, 0.25) is 0 Å². The van der Waals surface area contributed by atoms with Crippen LogP contribution in [0, 0.1) is 13.8 Å². The van der Waals surface area contributed by atoms with Crippen LogP contribution in [-0.2, 0) is 4.79 Å². The van der Waals surface area contributed by atoms with E-state index in [-0.39, 0.29) is 11.7 Å². The van der Waals surface area contributed by atoms with Crippen molar-refractivity contribution < 1.29 is 9.59 Å². The third kappa shape index (κ3) is 3.78. The molecule has 0 unspecified atom stereocenters. The zero-order chi connectivity index (χ0) is 18.7. The van der Waals surface area contributed by atoms with Crippen LogP contribution in [0.3, 0.4) is 0 Å². The zero-order valence-corrected chi connectivity index (χ0v) is 15.5. The van der Waals surface area contributed by atoms with Gasteiger partial charge in [-0.2, -0.15) is 5.10 Å². The van der Waals surface area contributed by atoms with Gasteiger partial charge in [0.05, 0.1) is 11.4 Å². The molecule has 0 atom stereocenters. The van der Waals surface area contributed by atoms with Gasteiger partial charge in [0.15, 0.2) is 10.9 Å². The Labute approximate surface area is 155 Å². The van der Waals surface area contributed by atoms with Crippen molar-refractivity contribution in [3.63, 3.8) is 0 Å². The minimum absolute atomic E-state index is 0.128. The first kappa shape index (κ1) is 17.8. The van der Waals surface area contributed by atoms with Gasteiger partial charge in [0.1, 0.15) is 5.69 Å². The molecule has 7 heteroatoms. The predicted octanol–water partition coefficient (Wildman–Crippen LogP) is 3.80. The van der Waals surface area contributed by atoms with Gasteiger partial charge in [-0.25, -0.2) is 9.67 Å². The summed E-state index contributed by atoms with van der Waals surface area (Å²) in [5.74, 6) is -0.433. The maximum absolute atomic E-state index is 12.1. The van der Waals surface area contributed by atoms with Crippen LogP contribution in [0.5, 0.6) is 0 Å². The van der Waals surface area contributed by atoms with E-state index in [1.807, 2.05) is 48.9 Å². The number of nitrogens with one attached hydrogen (secondary N) is 1. The topological polar surface area (TPSA) is 76.9 Å². The lowest BCUT2D eigenvalue weighted by atomic mass is 10.2. The number of para-hydroxylation sites is 1. The molecule has 2 heterocycles. The highest BCUT2D eigenvalue weighted by Gasteiger charge is 2.11. The van der Waals surface area contributed by atoms with Crippen LogP contribution in [-0.4, -0.2) is 26.5 Å². The average Bonchev–Trinajstić information content (AvgIpc) is 3.19. The third-order valence-electron chi connectivity index (χ3n) is 3.84. The molecule has 0 fully saturated rings. The van der Waals surface area contributed by atoms with E-state index in [9.17, 15) is 9.59 Å². The number of benzene rings is 1. The summed E-state index contributed by atoms with van der Waals surface area (Å²) < 4.78 is 1.85. The number of hydrogen-bond acceptors (Lipinski definition) is 5. The zero-order valence-electron chi connectivity index (χ0n) is 14.7. The molecule has 0 saturated carbocycles. The summed E-state index contributed by atoms with van der Waals surface area (Å²) in [5, 5.41) is 9.24. The fourth-order valence-electron chi connectivity index (χ4n) is 2.52. The minimum Gasteiger partial charge on any atom is -0.298 e. The van der Waals surface area contributed by atoms with Gasteiger partial charge in [-0.3, -0.25) is 14.9 Å². The van der Waals surface area contributed by atoms with Crippen LogP contribution in [0.1, 0.15) is 34.4 Å². The quantitative estimate of drug-likeness (QED) is 0.550. The highest BCUT2D eigenvalue weighted by atomic mass is 32.1. The lowest BCUT2D eigenvalue weighted by Crippen LogP contribution is -2.08. The molecule has 1 amide bonds. The molecule has 2 aromatic heterocycles. The van der Waals surface area contributed by atoms with Crippen molar-refractivity contribution in [1.82, 2.24) is 14.8 Å². The van der Waals surface area contributed by atoms with E-state index in [0.717, 1.165) is 22.6 Å². The summed E-state index contributed by atoms with van der Waals surface area (Å²) in [5.41, 5.74) is 4.00. The van der Waals surface area contributed by atoms with Gasteiger partial charge in [0.25, 0.3) is 0 Å². The third-order valence-corrected chi connectivity index (χ3v) is 4.60. The van der Waals surface area contributed by atoms with Gasteiger partial charge < -0.3 is 0 Å². The lowest BCUT2D eigenvalue weighted by Gasteiger charge is -2.03. The van der Waals surface area contributed by atoms with Crippen molar-refractivity contribution in [2.45, 2.75) is 20.8 Å². The number of ketones is 1. The Morgan fingerprint density at radius 1 is 1.19 bits per heavy atom. The summed E-state index contributed by atoms with van der Waals surface area (Å²) in [6, 6.07) is 9.83. The SMILES string of the molecule is CC(=O)c1csc(NC(=O)/C=C/c2c(C)nn(-c3ccccc3)c2C)n1. The van der Waals surface area contributed by atoms with E-state index >= 15 is 0 Å². The number of rotatable bonds is 5. The van der Waals surface area contributed by atoms with Crippen molar-refractivity contribution in [1.29, 1.82) is 0 Å². The van der Waals surface area contributed by atoms with Crippen molar-refractivity contribution in [3.8, 4) is 5.69 Å². The largest absolute Gasteiger partial charge is 0.298 e. The molecule has 0 bridgehead atoms. The van der Waals surface area contributed by atoms with Crippen LogP contribution >= 0.6 is 11.3 Å². The molecule has 0 aliphatic heterocycles. The first-order chi connectivity index (χ1) is 12.5. The van der Waals surface area contributed by atoms with Gasteiger partial charge in [0, 0.05) is 29.6 Å². The molecule has 26 heavy (non-hydrogen) atoms. The highest BCUT2D eigenvalue weighted by Crippen LogP contribution is 2.20. The summed E-state index contributed by atoms with van der Waals surface area (Å²) in [4.78, 5) is 27.4. The summed E-state index contributed by atoms with van der Waals surface area (Å²) in [7, 11) is 0. The Kier molecular flexibility index (Phi) is 5.09. The molecular formula is C19H18N4O2S. The highest BCUT2D eigenvalue weighted by molar-refractivity contribution is 7.14. The number of nitrogens with zero attached hydrogens (tertiary/aromatic N) is 3. The molecule has 0 aliphatic rings. The first-order valence-electron chi connectivity index (χ1n) is 8.03. The van der Waals surface area contributed by atoms with E-state index in [0.29, 0.717) is 10.8 Å². The number of thiazole rings is 1. The molecule has 0 saturated heterocycles. The van der Waals surface area contributed by atoms with Gasteiger partial charge in [-0.05, 0) is 32.1 Å².